The van der Waals surface area contributed by atoms with Gasteiger partial charge in [0.15, 0.2) is 11.5 Å². The molecule has 0 aromatic heterocycles. The van der Waals surface area contributed by atoms with Gasteiger partial charge < -0.3 is 9.62 Å². The number of rotatable bonds is 0. The molecule has 0 N–H and O–H groups in total. The van der Waals surface area contributed by atoms with Gasteiger partial charge in [-0.2, -0.15) is 4.89 Å². The number of hydrogen-bond donors (Lipinski definition) is 0. The fourth-order valence-electron chi connectivity index (χ4n) is 3.26. The van der Waals surface area contributed by atoms with Gasteiger partial charge in [0, 0.05) is 12.5 Å². The molecule has 0 aromatic rings. The SMILES string of the molecule is CC1(C)CCC(=O)[C@]2(C)O[C@H]3C=C(OO3)C12. The van der Waals surface area contributed by atoms with E-state index in [1.54, 1.807) is 0 Å². The van der Waals surface area contributed by atoms with E-state index in [1.165, 1.54) is 0 Å². The van der Waals surface area contributed by atoms with Crippen molar-refractivity contribution in [1.82, 2.24) is 0 Å². The molecule has 0 spiro atoms. The Balaban J connectivity index is 2.10. The van der Waals surface area contributed by atoms with Crippen molar-refractivity contribution in [2.75, 3.05) is 0 Å². The van der Waals surface area contributed by atoms with Crippen LogP contribution in [0.1, 0.15) is 33.6 Å². The van der Waals surface area contributed by atoms with Crippen molar-refractivity contribution in [3.8, 4) is 0 Å². The molecule has 4 nitrogen and oxygen atoms in total. The molecule has 2 heterocycles. The van der Waals surface area contributed by atoms with Crippen LogP contribution in [-0.4, -0.2) is 17.7 Å². The first-order chi connectivity index (χ1) is 7.43. The van der Waals surface area contributed by atoms with Crippen molar-refractivity contribution in [2.45, 2.75) is 45.5 Å². The van der Waals surface area contributed by atoms with Crippen molar-refractivity contribution in [1.29, 1.82) is 0 Å². The minimum absolute atomic E-state index is 0.00678. The Hall–Kier alpha value is -0.870. The fourth-order valence-corrected chi connectivity index (χ4v) is 3.26. The second kappa shape index (κ2) is 2.87. The van der Waals surface area contributed by atoms with E-state index in [0.29, 0.717) is 6.42 Å². The van der Waals surface area contributed by atoms with Gasteiger partial charge in [-0.05, 0) is 18.8 Å². The van der Waals surface area contributed by atoms with Gasteiger partial charge in [-0.1, -0.05) is 13.8 Å². The highest BCUT2D eigenvalue weighted by atomic mass is 17.2. The lowest BCUT2D eigenvalue weighted by Gasteiger charge is -2.48. The van der Waals surface area contributed by atoms with Crippen LogP contribution in [0.3, 0.4) is 0 Å². The normalized spacial score (nSPS) is 44.7. The third-order valence-corrected chi connectivity index (χ3v) is 4.07. The van der Waals surface area contributed by atoms with Crippen molar-refractivity contribution in [2.24, 2.45) is 11.3 Å². The Kier molecular flexibility index (Phi) is 1.85. The summed E-state index contributed by atoms with van der Waals surface area (Å²) in [7, 11) is 0. The zero-order chi connectivity index (χ0) is 11.6. The molecule has 4 heteroatoms. The third-order valence-electron chi connectivity index (χ3n) is 4.07. The summed E-state index contributed by atoms with van der Waals surface area (Å²) in [4.78, 5) is 22.3. The molecule has 1 unspecified atom stereocenters. The minimum atomic E-state index is -0.785. The Bertz CT molecular complexity index is 384. The molecule has 0 saturated heterocycles. The maximum Gasteiger partial charge on any atom is 0.226 e. The standard InChI is InChI=1S/C12H16O4/c1-11(2)5-4-8(13)12(3)10(11)7-6-9(14-12)16-15-7/h6,9-10H,4-5H2,1-3H3/t9-,10?,12+/m1/s1. The van der Waals surface area contributed by atoms with Crippen LogP contribution in [0.4, 0.5) is 0 Å². The lowest BCUT2D eigenvalue weighted by Crippen LogP contribution is -2.57. The second-order valence-electron chi connectivity index (χ2n) is 5.69. The molecule has 1 aliphatic carbocycles. The van der Waals surface area contributed by atoms with Crippen molar-refractivity contribution in [3.63, 3.8) is 0 Å². The van der Waals surface area contributed by atoms with E-state index >= 15 is 0 Å². The molecule has 0 radical (unpaired) electrons. The first-order valence-corrected chi connectivity index (χ1v) is 5.70. The largest absolute Gasteiger partial charge is 0.339 e. The Labute approximate surface area is 94.5 Å². The van der Waals surface area contributed by atoms with E-state index in [9.17, 15) is 4.79 Å². The molecule has 3 aliphatic rings. The monoisotopic (exact) mass is 224 g/mol. The number of carbonyl (C=O) groups excluding carboxylic acids is 1. The summed E-state index contributed by atoms with van der Waals surface area (Å²) in [5.41, 5.74) is -0.792. The van der Waals surface area contributed by atoms with Crippen LogP contribution in [0, 0.1) is 11.3 Å². The molecule has 2 aliphatic heterocycles. The Morgan fingerprint density at radius 3 is 2.88 bits per heavy atom. The molecule has 16 heavy (non-hydrogen) atoms. The molecule has 3 rings (SSSR count). The number of hydrogen-bond acceptors (Lipinski definition) is 4. The zero-order valence-electron chi connectivity index (χ0n) is 9.78. The highest BCUT2D eigenvalue weighted by molar-refractivity contribution is 5.89. The highest BCUT2D eigenvalue weighted by Gasteiger charge is 2.60. The summed E-state index contributed by atoms with van der Waals surface area (Å²) in [6.07, 6.45) is 2.74. The van der Waals surface area contributed by atoms with Crippen LogP contribution in [-0.2, 0) is 19.3 Å². The second-order valence-corrected chi connectivity index (χ2v) is 5.69. The van der Waals surface area contributed by atoms with E-state index in [2.05, 4.69) is 13.8 Å². The molecule has 2 bridgehead atoms. The molecule has 1 fully saturated rings. The van der Waals surface area contributed by atoms with Gasteiger partial charge in [0.05, 0.1) is 5.92 Å². The average molecular weight is 224 g/mol. The van der Waals surface area contributed by atoms with Gasteiger partial charge in [0.2, 0.25) is 6.29 Å². The lowest BCUT2D eigenvalue weighted by atomic mass is 9.60. The van der Waals surface area contributed by atoms with Gasteiger partial charge in [0.1, 0.15) is 5.60 Å². The maximum absolute atomic E-state index is 12.1. The summed E-state index contributed by atoms with van der Waals surface area (Å²) >= 11 is 0. The summed E-state index contributed by atoms with van der Waals surface area (Å²) in [5, 5.41) is 0. The van der Waals surface area contributed by atoms with Crippen LogP contribution < -0.4 is 0 Å². The number of Topliss-reactive ketones (excluding diaryl/α,β-unsaturated/α-hetero) is 1. The Morgan fingerprint density at radius 2 is 2.12 bits per heavy atom. The van der Waals surface area contributed by atoms with E-state index < -0.39 is 11.9 Å². The van der Waals surface area contributed by atoms with Gasteiger partial charge in [0.25, 0.3) is 0 Å². The average Bonchev–Trinajstić information content (AvgIpc) is 2.55. The van der Waals surface area contributed by atoms with Crippen molar-refractivity contribution in [3.05, 3.63) is 11.8 Å². The number of ketones is 1. The zero-order valence-corrected chi connectivity index (χ0v) is 9.78. The van der Waals surface area contributed by atoms with E-state index in [4.69, 9.17) is 14.5 Å². The highest BCUT2D eigenvalue weighted by Crippen LogP contribution is 2.54. The Morgan fingerprint density at radius 1 is 1.38 bits per heavy atom. The molecule has 88 valence electrons. The molecular formula is C12H16O4. The van der Waals surface area contributed by atoms with E-state index in [0.717, 1.165) is 12.2 Å². The van der Waals surface area contributed by atoms with Crippen LogP contribution in [0.15, 0.2) is 11.8 Å². The summed E-state index contributed by atoms with van der Waals surface area (Å²) < 4.78 is 5.74. The van der Waals surface area contributed by atoms with Gasteiger partial charge in [-0.15, -0.1) is 0 Å². The van der Waals surface area contributed by atoms with Gasteiger partial charge >= 0.3 is 0 Å². The van der Waals surface area contributed by atoms with Crippen molar-refractivity contribution >= 4 is 5.78 Å². The van der Waals surface area contributed by atoms with Gasteiger partial charge in [-0.25, -0.2) is 0 Å². The first-order valence-electron chi connectivity index (χ1n) is 5.70. The summed E-state index contributed by atoms with van der Waals surface area (Å²) in [5.74, 6) is 0.873. The predicted octanol–water partition coefficient (Wildman–Crippen LogP) is 1.95. The molecule has 1 saturated carbocycles. The number of fused-ring (bicyclic) bond motifs is 3. The number of ether oxygens (including phenoxy) is 1. The molecule has 0 amide bonds. The maximum atomic E-state index is 12.1. The van der Waals surface area contributed by atoms with Crippen LogP contribution >= 0.6 is 0 Å². The van der Waals surface area contributed by atoms with Crippen LogP contribution in [0.5, 0.6) is 0 Å². The first kappa shape index (κ1) is 10.3. The van der Waals surface area contributed by atoms with E-state index in [-0.39, 0.29) is 17.1 Å². The van der Waals surface area contributed by atoms with Crippen molar-refractivity contribution < 1.29 is 19.3 Å². The quantitative estimate of drug-likeness (QED) is 0.590. The molecule has 0 aromatic carbocycles. The lowest BCUT2D eigenvalue weighted by molar-refractivity contribution is -0.317. The van der Waals surface area contributed by atoms with E-state index in [1.807, 2.05) is 13.0 Å². The van der Waals surface area contributed by atoms with Crippen LogP contribution in [0.2, 0.25) is 0 Å². The molecule has 3 atom stereocenters. The third kappa shape index (κ3) is 1.14. The molecular weight excluding hydrogens is 208 g/mol. The summed E-state index contributed by atoms with van der Waals surface area (Å²) in [6, 6.07) is 0. The summed E-state index contributed by atoms with van der Waals surface area (Å²) in [6.45, 7) is 6.15. The number of carbonyl (C=O) groups is 1. The van der Waals surface area contributed by atoms with Crippen LogP contribution in [0.25, 0.3) is 0 Å². The minimum Gasteiger partial charge on any atom is -0.339 e. The predicted molar refractivity (Wildman–Crippen MR) is 55.0 cm³/mol. The fraction of sp³-hybridized carbons (Fsp3) is 0.750. The smallest absolute Gasteiger partial charge is 0.226 e. The topological polar surface area (TPSA) is 44.8 Å². The van der Waals surface area contributed by atoms with Gasteiger partial charge in [-0.3, -0.25) is 4.79 Å².